The lowest BCUT2D eigenvalue weighted by atomic mass is 9.83. The normalized spacial score (nSPS) is 22.9. The Morgan fingerprint density at radius 3 is 2.68 bits per heavy atom. The van der Waals surface area contributed by atoms with E-state index in [4.69, 9.17) is 4.74 Å². The van der Waals surface area contributed by atoms with Crippen LogP contribution in [0.1, 0.15) is 44.7 Å². The van der Waals surface area contributed by atoms with Crippen molar-refractivity contribution < 1.29 is 18.3 Å². The molecule has 7 heteroatoms. The maximum Gasteiger partial charge on any atom is 0.318 e. The highest BCUT2D eigenvalue weighted by Gasteiger charge is 2.29. The van der Waals surface area contributed by atoms with Crippen LogP contribution < -0.4 is 5.32 Å². The zero-order chi connectivity index (χ0) is 20.1. The monoisotopic (exact) mass is 395 g/mol. The van der Waals surface area contributed by atoms with Gasteiger partial charge in [-0.2, -0.15) is 0 Å². The third-order valence-electron chi connectivity index (χ3n) is 5.85. The molecule has 2 fully saturated rings. The van der Waals surface area contributed by atoms with E-state index in [1.54, 1.807) is 4.90 Å². The lowest BCUT2D eigenvalue weighted by Crippen LogP contribution is -2.48. The van der Waals surface area contributed by atoms with E-state index in [9.17, 15) is 13.6 Å². The number of hydrogen-bond acceptors (Lipinski definition) is 3. The van der Waals surface area contributed by atoms with Crippen molar-refractivity contribution in [1.29, 1.82) is 0 Å². The van der Waals surface area contributed by atoms with Crippen molar-refractivity contribution in [3.63, 3.8) is 0 Å². The fraction of sp³-hybridized carbons (Fsp3) is 0.667. The standard InChI is InChI=1S/C21H31F2N3O2/c1-21(2)6-10-25(11-7-21)9-3-8-24-20(27)26-12-13-28-15-19(26)16-4-5-17(22)18(23)14-16/h4-5,14,19H,3,6-13,15H2,1-2H3,(H,24,27). The van der Waals surface area contributed by atoms with Gasteiger partial charge >= 0.3 is 6.03 Å². The third kappa shape index (κ3) is 5.41. The van der Waals surface area contributed by atoms with E-state index in [1.807, 2.05) is 0 Å². The van der Waals surface area contributed by atoms with Gasteiger partial charge in [0.15, 0.2) is 11.6 Å². The second-order valence-corrected chi connectivity index (χ2v) is 8.55. The molecule has 1 aromatic rings. The third-order valence-corrected chi connectivity index (χ3v) is 5.85. The summed E-state index contributed by atoms with van der Waals surface area (Å²) in [6, 6.07) is 3.16. The Hall–Kier alpha value is -1.73. The molecule has 0 radical (unpaired) electrons. The van der Waals surface area contributed by atoms with Crippen molar-refractivity contribution in [2.24, 2.45) is 5.41 Å². The van der Waals surface area contributed by atoms with Crippen molar-refractivity contribution >= 4 is 6.03 Å². The van der Waals surface area contributed by atoms with Gasteiger partial charge in [0.25, 0.3) is 0 Å². The Kier molecular flexibility index (Phi) is 6.88. The average Bonchev–Trinajstić information content (AvgIpc) is 2.68. The van der Waals surface area contributed by atoms with Crippen molar-refractivity contribution in [1.82, 2.24) is 15.1 Å². The number of ether oxygens (including phenoxy) is 1. The Balaban J connectivity index is 1.47. The summed E-state index contributed by atoms with van der Waals surface area (Å²) in [4.78, 5) is 16.8. The van der Waals surface area contributed by atoms with Crippen LogP contribution in [0.3, 0.4) is 0 Å². The molecule has 0 aliphatic carbocycles. The Bertz CT molecular complexity index is 674. The molecule has 3 rings (SSSR count). The summed E-state index contributed by atoms with van der Waals surface area (Å²) in [6.45, 7) is 9.58. The molecule has 2 heterocycles. The second-order valence-electron chi connectivity index (χ2n) is 8.55. The molecule has 0 aromatic heterocycles. The highest BCUT2D eigenvalue weighted by atomic mass is 19.2. The molecule has 5 nitrogen and oxygen atoms in total. The zero-order valence-corrected chi connectivity index (χ0v) is 16.8. The first-order valence-corrected chi connectivity index (χ1v) is 10.2. The number of nitrogens with one attached hydrogen (secondary N) is 1. The summed E-state index contributed by atoms with van der Waals surface area (Å²) >= 11 is 0. The molecule has 0 spiro atoms. The van der Waals surface area contributed by atoms with E-state index in [0.717, 1.165) is 38.2 Å². The first kappa shape index (κ1) is 21.0. The predicted molar refractivity (Wildman–Crippen MR) is 104 cm³/mol. The smallest absolute Gasteiger partial charge is 0.318 e. The molecule has 1 atom stereocenters. The highest BCUT2D eigenvalue weighted by molar-refractivity contribution is 5.74. The molecule has 0 saturated carbocycles. The SMILES string of the molecule is CC1(C)CCN(CCCNC(=O)N2CCOCC2c2ccc(F)c(F)c2)CC1. The van der Waals surface area contributed by atoms with Crippen LogP contribution in [0.5, 0.6) is 0 Å². The van der Waals surface area contributed by atoms with Gasteiger partial charge in [0.1, 0.15) is 0 Å². The van der Waals surface area contributed by atoms with Crippen molar-refractivity contribution in [3.8, 4) is 0 Å². The molecule has 0 bridgehead atoms. The van der Waals surface area contributed by atoms with Gasteiger partial charge in [0, 0.05) is 13.1 Å². The highest BCUT2D eigenvalue weighted by Crippen LogP contribution is 2.29. The summed E-state index contributed by atoms with van der Waals surface area (Å²) in [5.74, 6) is -1.80. The number of hydrogen-bond donors (Lipinski definition) is 1. The molecule has 1 unspecified atom stereocenters. The number of likely N-dealkylation sites (tertiary alicyclic amines) is 1. The minimum Gasteiger partial charge on any atom is -0.377 e. The van der Waals surface area contributed by atoms with Crippen LogP contribution in [0, 0.1) is 17.0 Å². The van der Waals surface area contributed by atoms with Gasteiger partial charge in [0.05, 0.1) is 19.3 Å². The second kappa shape index (κ2) is 9.18. The first-order chi connectivity index (χ1) is 13.4. The van der Waals surface area contributed by atoms with Crippen molar-refractivity contribution in [3.05, 3.63) is 35.4 Å². The molecule has 2 amide bonds. The van der Waals surface area contributed by atoms with Gasteiger partial charge in [-0.15, -0.1) is 0 Å². The maximum absolute atomic E-state index is 13.6. The predicted octanol–water partition coefficient (Wildman–Crippen LogP) is 3.56. The van der Waals surface area contributed by atoms with Crippen LogP contribution in [0.2, 0.25) is 0 Å². The molecular formula is C21H31F2N3O2. The van der Waals surface area contributed by atoms with E-state index >= 15 is 0 Å². The largest absolute Gasteiger partial charge is 0.377 e. The van der Waals surface area contributed by atoms with Crippen LogP contribution in [-0.2, 0) is 4.74 Å². The number of nitrogens with zero attached hydrogens (tertiary/aromatic N) is 2. The number of halogens is 2. The number of piperidine rings is 1. The van der Waals surface area contributed by atoms with E-state index in [0.29, 0.717) is 30.7 Å². The van der Waals surface area contributed by atoms with Gasteiger partial charge in [0.2, 0.25) is 0 Å². The van der Waals surface area contributed by atoms with Crippen LogP contribution >= 0.6 is 0 Å². The maximum atomic E-state index is 13.6. The molecule has 2 aliphatic rings. The van der Waals surface area contributed by atoms with E-state index in [-0.39, 0.29) is 12.6 Å². The summed E-state index contributed by atoms with van der Waals surface area (Å²) in [5.41, 5.74) is 0.986. The summed E-state index contributed by atoms with van der Waals surface area (Å²) in [5, 5.41) is 2.97. The number of morpholine rings is 1. The minimum atomic E-state index is -0.909. The lowest BCUT2D eigenvalue weighted by Gasteiger charge is -2.37. The fourth-order valence-electron chi connectivity index (χ4n) is 3.82. The topological polar surface area (TPSA) is 44.8 Å². The van der Waals surface area contributed by atoms with E-state index in [2.05, 4.69) is 24.1 Å². The van der Waals surface area contributed by atoms with Crippen LogP contribution in [-0.4, -0.2) is 61.8 Å². The van der Waals surface area contributed by atoms with E-state index in [1.165, 1.54) is 18.9 Å². The van der Waals surface area contributed by atoms with Gasteiger partial charge in [-0.25, -0.2) is 13.6 Å². The number of benzene rings is 1. The minimum absolute atomic E-state index is 0.183. The fourth-order valence-corrected chi connectivity index (χ4v) is 3.82. The molecule has 28 heavy (non-hydrogen) atoms. The summed E-state index contributed by atoms with van der Waals surface area (Å²) < 4.78 is 32.3. The van der Waals surface area contributed by atoms with Gasteiger partial charge in [-0.05, 0) is 62.0 Å². The summed E-state index contributed by atoms with van der Waals surface area (Å²) in [7, 11) is 0. The van der Waals surface area contributed by atoms with Crippen LogP contribution in [0.25, 0.3) is 0 Å². The van der Waals surface area contributed by atoms with Crippen LogP contribution in [0.4, 0.5) is 13.6 Å². The van der Waals surface area contributed by atoms with Crippen molar-refractivity contribution in [2.45, 2.75) is 39.2 Å². The quantitative estimate of drug-likeness (QED) is 0.776. The first-order valence-electron chi connectivity index (χ1n) is 10.2. The van der Waals surface area contributed by atoms with E-state index < -0.39 is 17.7 Å². The summed E-state index contributed by atoms with van der Waals surface area (Å²) in [6.07, 6.45) is 3.32. The Morgan fingerprint density at radius 1 is 1.21 bits per heavy atom. The number of rotatable bonds is 5. The average molecular weight is 395 g/mol. The lowest BCUT2D eigenvalue weighted by molar-refractivity contribution is 0.0115. The number of urea groups is 1. The Morgan fingerprint density at radius 2 is 1.96 bits per heavy atom. The molecule has 2 saturated heterocycles. The molecule has 1 N–H and O–H groups in total. The number of carbonyl (C=O) groups excluding carboxylic acids is 1. The molecule has 156 valence electrons. The van der Waals surface area contributed by atoms with Crippen LogP contribution in [0.15, 0.2) is 18.2 Å². The Labute approximate surface area is 166 Å². The number of amides is 2. The van der Waals surface area contributed by atoms with Crippen molar-refractivity contribution in [2.75, 3.05) is 45.9 Å². The molecular weight excluding hydrogens is 364 g/mol. The number of carbonyl (C=O) groups is 1. The zero-order valence-electron chi connectivity index (χ0n) is 16.8. The van der Waals surface area contributed by atoms with Gasteiger partial charge in [-0.1, -0.05) is 19.9 Å². The van der Waals surface area contributed by atoms with Gasteiger partial charge < -0.3 is 19.9 Å². The molecule has 1 aromatic carbocycles. The molecule has 2 aliphatic heterocycles. The van der Waals surface area contributed by atoms with Gasteiger partial charge in [-0.3, -0.25) is 0 Å².